The fourth-order valence-electron chi connectivity index (χ4n) is 4.27. The Morgan fingerprint density at radius 1 is 1.34 bits per heavy atom. The summed E-state index contributed by atoms with van der Waals surface area (Å²) in [7, 11) is 1.77. The first-order chi connectivity index (χ1) is 13.9. The van der Waals surface area contributed by atoms with Gasteiger partial charge in [0.2, 0.25) is 0 Å². The van der Waals surface area contributed by atoms with Gasteiger partial charge in [0.1, 0.15) is 17.3 Å². The molecule has 2 aliphatic rings. The topological polar surface area (TPSA) is 79.7 Å². The van der Waals surface area contributed by atoms with E-state index in [0.29, 0.717) is 36.1 Å². The van der Waals surface area contributed by atoms with Crippen LogP contribution in [0, 0.1) is 25.2 Å². The summed E-state index contributed by atoms with van der Waals surface area (Å²) in [5.74, 6) is 1.11. The number of aromatic hydroxyl groups is 1. The summed E-state index contributed by atoms with van der Waals surface area (Å²) in [4.78, 5) is 17.1. The fraction of sp³-hybridized carbons (Fsp3) is 0.565. The zero-order chi connectivity index (χ0) is 21.1. The molecule has 1 aliphatic carbocycles. The monoisotopic (exact) mass is 398 g/mol. The van der Waals surface area contributed by atoms with E-state index in [1.807, 2.05) is 29.7 Å². The maximum absolute atomic E-state index is 13.3. The molecule has 1 aliphatic heterocycles. The Labute approximate surface area is 174 Å². The molecule has 1 saturated carbocycles. The molecule has 0 unspecified atom stereocenters. The number of benzene rings is 1. The maximum Gasteiger partial charge on any atom is 0.270 e. The standard InChI is InChI=1S/C23H34N4O2/c1-5-10-26(14-17-8-9-17)23(29)20(25-4)18-7-6-11-27(22(18)24)21-16(3)12-15(2)13-19(21)28/h12-13,17,24-25,28H,5-11,14H2,1-4H3/b20-18-,24-22?. The molecule has 0 atom stereocenters. The van der Waals surface area contributed by atoms with Gasteiger partial charge in [-0.05, 0) is 69.1 Å². The number of piperidine rings is 1. The van der Waals surface area contributed by atoms with Gasteiger partial charge >= 0.3 is 0 Å². The number of carbonyl (C=O) groups is 1. The summed E-state index contributed by atoms with van der Waals surface area (Å²) in [5, 5.41) is 22.5. The third kappa shape index (κ3) is 4.57. The minimum absolute atomic E-state index is 0.00676. The van der Waals surface area contributed by atoms with Crippen LogP contribution in [0.25, 0.3) is 0 Å². The molecule has 2 fully saturated rings. The second-order valence-electron chi connectivity index (χ2n) is 8.35. The van der Waals surface area contributed by atoms with E-state index in [9.17, 15) is 9.90 Å². The molecule has 6 heteroatoms. The van der Waals surface area contributed by atoms with Crippen LogP contribution in [0.3, 0.4) is 0 Å². The zero-order valence-corrected chi connectivity index (χ0v) is 18.1. The highest BCUT2D eigenvalue weighted by molar-refractivity contribution is 6.13. The fourth-order valence-corrected chi connectivity index (χ4v) is 4.27. The molecular weight excluding hydrogens is 364 g/mol. The van der Waals surface area contributed by atoms with Gasteiger partial charge in [-0.3, -0.25) is 10.2 Å². The van der Waals surface area contributed by atoms with E-state index in [1.54, 1.807) is 13.1 Å². The first-order valence-electron chi connectivity index (χ1n) is 10.7. The van der Waals surface area contributed by atoms with E-state index in [0.717, 1.165) is 42.6 Å². The van der Waals surface area contributed by atoms with Gasteiger partial charge < -0.3 is 20.2 Å². The molecule has 0 aromatic heterocycles. The number of anilines is 1. The summed E-state index contributed by atoms with van der Waals surface area (Å²) >= 11 is 0. The number of amidine groups is 1. The van der Waals surface area contributed by atoms with E-state index in [2.05, 4.69) is 12.2 Å². The number of phenols is 1. The highest BCUT2D eigenvalue weighted by atomic mass is 16.3. The van der Waals surface area contributed by atoms with Crippen LogP contribution in [0.2, 0.25) is 0 Å². The average molecular weight is 399 g/mol. The van der Waals surface area contributed by atoms with Gasteiger partial charge in [0, 0.05) is 32.3 Å². The number of rotatable bonds is 7. The van der Waals surface area contributed by atoms with Crippen LogP contribution in [-0.2, 0) is 4.79 Å². The number of aryl methyl sites for hydroxylation is 2. The normalized spacial score (nSPS) is 18.6. The van der Waals surface area contributed by atoms with Crippen molar-refractivity contribution >= 4 is 17.4 Å². The highest BCUT2D eigenvalue weighted by Crippen LogP contribution is 2.36. The summed E-state index contributed by atoms with van der Waals surface area (Å²) in [6.07, 6.45) is 4.85. The molecule has 29 heavy (non-hydrogen) atoms. The van der Waals surface area contributed by atoms with Crippen molar-refractivity contribution in [2.24, 2.45) is 5.92 Å². The molecule has 0 spiro atoms. The Bertz CT molecular complexity index is 803. The van der Waals surface area contributed by atoms with Gasteiger partial charge in [0.05, 0.1) is 5.69 Å². The molecule has 1 saturated heterocycles. The number of hydrogen-bond acceptors (Lipinski definition) is 4. The first-order valence-corrected chi connectivity index (χ1v) is 10.7. The smallest absolute Gasteiger partial charge is 0.270 e. The van der Waals surface area contributed by atoms with E-state index in [1.165, 1.54) is 12.8 Å². The van der Waals surface area contributed by atoms with Crippen LogP contribution in [0.5, 0.6) is 5.75 Å². The van der Waals surface area contributed by atoms with Crippen LogP contribution in [0.4, 0.5) is 5.69 Å². The molecule has 1 amide bonds. The van der Waals surface area contributed by atoms with Crippen molar-refractivity contribution in [3.63, 3.8) is 0 Å². The van der Waals surface area contributed by atoms with Crippen molar-refractivity contribution in [2.45, 2.75) is 52.9 Å². The molecular formula is C23H34N4O2. The van der Waals surface area contributed by atoms with E-state index >= 15 is 0 Å². The molecule has 6 nitrogen and oxygen atoms in total. The number of amides is 1. The quantitative estimate of drug-likeness (QED) is 0.612. The van der Waals surface area contributed by atoms with E-state index in [4.69, 9.17) is 5.41 Å². The number of carbonyl (C=O) groups excluding carboxylic acids is 1. The van der Waals surface area contributed by atoms with Crippen LogP contribution in [0.1, 0.15) is 50.2 Å². The number of nitrogens with zero attached hydrogens (tertiary/aromatic N) is 2. The van der Waals surface area contributed by atoms with Crippen molar-refractivity contribution in [1.29, 1.82) is 5.41 Å². The van der Waals surface area contributed by atoms with Gasteiger partial charge in [-0.2, -0.15) is 0 Å². The van der Waals surface area contributed by atoms with E-state index in [-0.39, 0.29) is 11.7 Å². The van der Waals surface area contributed by atoms with Crippen molar-refractivity contribution in [3.8, 4) is 5.75 Å². The van der Waals surface area contributed by atoms with Crippen LogP contribution in [-0.4, -0.2) is 48.4 Å². The lowest BCUT2D eigenvalue weighted by molar-refractivity contribution is -0.127. The van der Waals surface area contributed by atoms with Crippen molar-refractivity contribution in [2.75, 3.05) is 31.6 Å². The van der Waals surface area contributed by atoms with Crippen molar-refractivity contribution < 1.29 is 9.90 Å². The van der Waals surface area contributed by atoms with Crippen molar-refractivity contribution in [1.82, 2.24) is 10.2 Å². The Kier molecular flexibility index (Phi) is 6.50. The SMILES string of the molecule is CCCN(CC1CC1)C(=O)/C(NC)=C1\CCCN(c2c(C)cc(C)cc2O)C1=N. The van der Waals surface area contributed by atoms with Gasteiger partial charge in [0.25, 0.3) is 5.91 Å². The minimum atomic E-state index is -0.00676. The third-order valence-corrected chi connectivity index (χ3v) is 5.78. The molecule has 0 bridgehead atoms. The number of nitrogens with one attached hydrogen (secondary N) is 2. The average Bonchev–Trinajstić information content (AvgIpc) is 3.47. The second kappa shape index (κ2) is 8.89. The lowest BCUT2D eigenvalue weighted by Crippen LogP contribution is -2.43. The highest BCUT2D eigenvalue weighted by Gasteiger charge is 2.32. The molecule has 158 valence electrons. The predicted molar refractivity (Wildman–Crippen MR) is 118 cm³/mol. The third-order valence-electron chi connectivity index (χ3n) is 5.78. The van der Waals surface area contributed by atoms with Gasteiger partial charge in [-0.25, -0.2) is 0 Å². The summed E-state index contributed by atoms with van der Waals surface area (Å²) < 4.78 is 0. The number of likely N-dealkylation sites (N-methyl/N-ethyl adjacent to an activating group) is 1. The Morgan fingerprint density at radius 2 is 2.07 bits per heavy atom. The molecule has 3 N–H and O–H groups in total. The maximum atomic E-state index is 13.3. The molecule has 0 radical (unpaired) electrons. The first kappa shape index (κ1) is 21.2. The van der Waals surface area contributed by atoms with Gasteiger partial charge in [-0.1, -0.05) is 13.0 Å². The Balaban J connectivity index is 1.93. The van der Waals surface area contributed by atoms with Crippen molar-refractivity contribution in [3.05, 3.63) is 34.5 Å². The molecule has 1 heterocycles. The molecule has 3 rings (SSSR count). The summed E-state index contributed by atoms with van der Waals surface area (Å²) in [6.45, 7) is 8.20. The lowest BCUT2D eigenvalue weighted by Gasteiger charge is -2.34. The summed E-state index contributed by atoms with van der Waals surface area (Å²) in [5.41, 5.74) is 3.86. The number of phenolic OH excluding ortho intramolecular Hbond substituents is 1. The molecule has 1 aromatic rings. The second-order valence-corrected chi connectivity index (χ2v) is 8.35. The number of hydrogen-bond donors (Lipinski definition) is 3. The largest absolute Gasteiger partial charge is 0.506 e. The van der Waals surface area contributed by atoms with Gasteiger partial charge in [-0.15, -0.1) is 0 Å². The van der Waals surface area contributed by atoms with Gasteiger partial charge in [0.15, 0.2) is 0 Å². The summed E-state index contributed by atoms with van der Waals surface area (Å²) in [6, 6.07) is 3.75. The molecule has 1 aromatic carbocycles. The van der Waals surface area contributed by atoms with Crippen LogP contribution in [0.15, 0.2) is 23.4 Å². The Morgan fingerprint density at radius 3 is 2.66 bits per heavy atom. The van der Waals surface area contributed by atoms with Crippen LogP contribution >= 0.6 is 0 Å². The zero-order valence-electron chi connectivity index (χ0n) is 18.1. The minimum Gasteiger partial charge on any atom is -0.506 e. The Hall–Kier alpha value is -2.50. The lowest BCUT2D eigenvalue weighted by atomic mass is 9.97. The van der Waals surface area contributed by atoms with Crippen LogP contribution < -0.4 is 10.2 Å². The predicted octanol–water partition coefficient (Wildman–Crippen LogP) is 3.71. The van der Waals surface area contributed by atoms with E-state index < -0.39 is 0 Å².